The number of piperazine rings is 2. The molecule has 5 aliphatic heterocycles. The molecule has 0 spiro atoms. The van der Waals surface area contributed by atoms with E-state index in [1.807, 2.05) is 117 Å². The number of aromatic nitrogens is 2. The Hall–Kier alpha value is -9.19. The zero-order chi connectivity index (χ0) is 58.2. The van der Waals surface area contributed by atoms with Crippen LogP contribution in [0, 0.1) is 0 Å². The van der Waals surface area contributed by atoms with Crippen LogP contribution in [0.2, 0.25) is 0 Å². The van der Waals surface area contributed by atoms with Gasteiger partial charge < -0.3 is 75.9 Å². The summed E-state index contributed by atoms with van der Waals surface area (Å²) in [5, 5.41) is 9.91. The number of ether oxygens (including phenoxy) is 3. The summed E-state index contributed by atoms with van der Waals surface area (Å²) in [6, 6.07) is 39.1. The predicted molar refractivity (Wildman–Crippen MR) is 322 cm³/mol. The van der Waals surface area contributed by atoms with Gasteiger partial charge in [-0.3, -0.25) is 9.59 Å². The number of carbonyl (C=O) groups is 5. The largest absolute Gasteiger partial charge is 0.380 e. The van der Waals surface area contributed by atoms with E-state index < -0.39 is 11.8 Å². The zero-order valence-corrected chi connectivity index (χ0v) is 47.2. The van der Waals surface area contributed by atoms with Crippen molar-refractivity contribution in [1.29, 1.82) is 0 Å². The molecule has 0 radical (unpaired) electrons. The molecule has 5 fully saturated rings. The smallest absolute Gasteiger partial charge is 0.330 e. The van der Waals surface area contributed by atoms with E-state index in [0.717, 1.165) is 41.3 Å². The Kier molecular flexibility index (Phi) is 19.5. The average molecular weight is 1140 g/mol. The van der Waals surface area contributed by atoms with Gasteiger partial charge in [-0.25, -0.2) is 29.3 Å². The van der Waals surface area contributed by atoms with Crippen molar-refractivity contribution in [2.45, 2.75) is 13.1 Å². The normalized spacial score (nSPS) is 16.5. The fourth-order valence-electron chi connectivity index (χ4n) is 10.5. The van der Waals surface area contributed by atoms with Crippen LogP contribution < -0.4 is 42.1 Å². The van der Waals surface area contributed by atoms with Gasteiger partial charge in [0.2, 0.25) is 0 Å². The number of pyridine rings is 2. The van der Waals surface area contributed by atoms with Crippen LogP contribution in [0.5, 0.6) is 0 Å². The molecule has 8 amide bonds. The summed E-state index contributed by atoms with van der Waals surface area (Å²) in [5.74, 6) is -0.180. The van der Waals surface area contributed by atoms with Crippen molar-refractivity contribution in [3.05, 3.63) is 156 Å². The summed E-state index contributed by atoms with van der Waals surface area (Å²) in [6.45, 7) is 13.5. The third kappa shape index (κ3) is 14.9. The maximum Gasteiger partial charge on any atom is 0.330 e. The molecule has 0 unspecified atom stereocenters. The standard InChI is InChI=1S/C33H40N8O5.C28H33N7O3/c34-31(42)28-24-36-30(22-29(28)35-23-25-4-2-1-3-5-25)41(33(44)40-16-20-46-21-17-40)27-8-6-26(7-9-27)37-10-12-38(13-11-37)32(43)39-14-18-45-19-15-39;29-27(36)24-20-31-26(18-25(24)30-19-21-4-2-1-3-5-21)32-22-6-8-23(9-7-22)33-10-12-34(13-11-33)28(37)35-14-16-38-17-15-35/h1-9,22,24H,10-21,23H2,(H2,34,42)(H,35,36);1-9,18,20H,10-17,19H2,(H2,29,36)(H2,30,31,32). The number of benzene rings is 4. The summed E-state index contributed by atoms with van der Waals surface area (Å²) in [7, 11) is 0. The van der Waals surface area contributed by atoms with Crippen LogP contribution in [-0.4, -0.2) is 196 Å². The van der Waals surface area contributed by atoms with Gasteiger partial charge in [0.1, 0.15) is 11.6 Å². The molecule has 7 heterocycles. The number of nitrogens with two attached hydrogens (primary N) is 2. The summed E-state index contributed by atoms with van der Waals surface area (Å²) in [6.07, 6.45) is 2.90. The molecular formula is C61H73N15O8. The Labute approximate surface area is 489 Å². The second-order valence-electron chi connectivity index (χ2n) is 20.7. The van der Waals surface area contributed by atoms with Crippen molar-refractivity contribution in [1.82, 2.24) is 34.5 Å². The molecule has 0 saturated carbocycles. The minimum absolute atomic E-state index is 0.0723. The topological polar surface area (TPSA) is 253 Å². The molecule has 11 rings (SSSR count). The highest BCUT2D eigenvalue weighted by Gasteiger charge is 2.31. The number of nitrogens with zero attached hydrogens (tertiary/aromatic N) is 10. The minimum Gasteiger partial charge on any atom is -0.380 e. The van der Waals surface area contributed by atoms with Crippen LogP contribution in [0.25, 0.3) is 0 Å². The Balaban J connectivity index is 0.000000191. The van der Waals surface area contributed by atoms with Crippen LogP contribution >= 0.6 is 0 Å². The number of primary amides is 2. The number of nitrogens with one attached hydrogen (secondary N) is 3. The Bertz CT molecular complexity index is 3160. The second kappa shape index (κ2) is 28.2. The summed E-state index contributed by atoms with van der Waals surface area (Å²) in [5.41, 5.74) is 18.7. The van der Waals surface area contributed by atoms with Gasteiger partial charge in [0.25, 0.3) is 11.8 Å². The van der Waals surface area contributed by atoms with Gasteiger partial charge in [-0.1, -0.05) is 60.7 Å². The quantitative estimate of drug-likeness (QED) is 0.0831. The summed E-state index contributed by atoms with van der Waals surface area (Å²) >= 11 is 0. The van der Waals surface area contributed by atoms with E-state index in [1.165, 1.54) is 12.4 Å². The lowest BCUT2D eigenvalue weighted by atomic mass is 10.1. The van der Waals surface area contributed by atoms with Gasteiger partial charge in [0.15, 0.2) is 0 Å². The third-order valence-corrected chi connectivity index (χ3v) is 15.3. The fraction of sp³-hybridized carbons (Fsp3) is 0.361. The molecular weight excluding hydrogens is 1070 g/mol. The van der Waals surface area contributed by atoms with Crippen LogP contribution in [0.4, 0.5) is 60.1 Å². The van der Waals surface area contributed by atoms with Gasteiger partial charge in [0.05, 0.1) is 67.8 Å². The number of carbonyl (C=O) groups excluding carboxylic acids is 5. The van der Waals surface area contributed by atoms with E-state index in [1.54, 1.807) is 21.9 Å². The Morgan fingerprint density at radius 3 is 1.32 bits per heavy atom. The molecule has 6 aromatic rings. The van der Waals surface area contributed by atoms with Crippen molar-refractivity contribution in [3.63, 3.8) is 0 Å². The lowest BCUT2D eigenvalue weighted by Crippen LogP contribution is -2.54. The molecule has 0 bridgehead atoms. The molecule has 440 valence electrons. The highest BCUT2D eigenvalue weighted by molar-refractivity contribution is 6.02. The molecule has 0 atom stereocenters. The van der Waals surface area contributed by atoms with Crippen molar-refractivity contribution in [2.75, 3.05) is 162 Å². The first-order chi connectivity index (χ1) is 41.0. The highest BCUT2D eigenvalue weighted by Crippen LogP contribution is 2.32. The van der Waals surface area contributed by atoms with Crippen LogP contribution in [0.15, 0.2) is 134 Å². The molecule has 84 heavy (non-hydrogen) atoms. The number of hydrogen-bond acceptors (Lipinski definition) is 15. The van der Waals surface area contributed by atoms with E-state index in [0.29, 0.717) is 166 Å². The number of amides is 8. The monoisotopic (exact) mass is 1140 g/mol. The van der Waals surface area contributed by atoms with Gasteiger partial charge in [0, 0.05) is 146 Å². The molecule has 23 nitrogen and oxygen atoms in total. The average Bonchev–Trinajstić information content (AvgIpc) is 3.67. The van der Waals surface area contributed by atoms with Crippen LogP contribution in [-0.2, 0) is 27.3 Å². The predicted octanol–water partition coefficient (Wildman–Crippen LogP) is 6.07. The maximum absolute atomic E-state index is 14.0. The molecule has 2 aromatic heterocycles. The number of anilines is 8. The fourth-order valence-corrected chi connectivity index (χ4v) is 10.5. The first-order valence-corrected chi connectivity index (χ1v) is 28.6. The summed E-state index contributed by atoms with van der Waals surface area (Å²) in [4.78, 5) is 88.2. The maximum atomic E-state index is 14.0. The van der Waals surface area contributed by atoms with E-state index in [2.05, 4.69) is 47.9 Å². The van der Waals surface area contributed by atoms with E-state index in [9.17, 15) is 24.0 Å². The Morgan fingerprint density at radius 1 is 0.464 bits per heavy atom. The van der Waals surface area contributed by atoms with Gasteiger partial charge >= 0.3 is 18.1 Å². The summed E-state index contributed by atoms with van der Waals surface area (Å²) < 4.78 is 16.2. The zero-order valence-electron chi connectivity index (χ0n) is 47.2. The number of urea groups is 3. The van der Waals surface area contributed by atoms with Crippen molar-refractivity contribution in [3.8, 4) is 0 Å². The van der Waals surface area contributed by atoms with E-state index in [-0.39, 0.29) is 23.7 Å². The first-order valence-electron chi connectivity index (χ1n) is 28.6. The lowest BCUT2D eigenvalue weighted by Gasteiger charge is -2.39. The third-order valence-electron chi connectivity index (χ3n) is 15.3. The van der Waals surface area contributed by atoms with Crippen LogP contribution in [0.1, 0.15) is 31.8 Å². The molecule has 5 saturated heterocycles. The van der Waals surface area contributed by atoms with E-state index in [4.69, 9.17) is 25.7 Å². The van der Waals surface area contributed by atoms with Crippen molar-refractivity contribution in [2.24, 2.45) is 11.5 Å². The van der Waals surface area contributed by atoms with Crippen molar-refractivity contribution >= 4 is 75.7 Å². The van der Waals surface area contributed by atoms with Crippen molar-refractivity contribution < 1.29 is 38.2 Å². The molecule has 4 aromatic carbocycles. The molecule has 7 N–H and O–H groups in total. The van der Waals surface area contributed by atoms with Gasteiger partial charge in [-0.15, -0.1) is 0 Å². The second-order valence-corrected chi connectivity index (χ2v) is 20.7. The number of rotatable bonds is 14. The van der Waals surface area contributed by atoms with Gasteiger partial charge in [-0.05, 0) is 59.7 Å². The SMILES string of the molecule is NC(=O)c1cnc(N(C(=O)N2CCOCC2)c2ccc(N3CCN(C(=O)N4CCOCC4)CC3)cc2)cc1NCc1ccccc1.NC(=O)c1cnc(Nc2ccc(N3CCN(C(=O)N4CCOCC4)CC3)cc2)cc1NCc1ccccc1. The number of hydrogen-bond donors (Lipinski definition) is 5. The van der Waals surface area contributed by atoms with Crippen LogP contribution in [0.3, 0.4) is 0 Å². The molecule has 23 heteroatoms. The molecule has 5 aliphatic rings. The Morgan fingerprint density at radius 2 is 0.869 bits per heavy atom. The number of morpholine rings is 3. The highest BCUT2D eigenvalue weighted by atomic mass is 16.5. The molecule has 0 aliphatic carbocycles. The lowest BCUT2D eigenvalue weighted by molar-refractivity contribution is 0.0428. The first kappa shape index (κ1) is 58.0. The van der Waals surface area contributed by atoms with E-state index >= 15 is 0 Å². The minimum atomic E-state index is -0.614. The van der Waals surface area contributed by atoms with Gasteiger partial charge in [-0.2, -0.15) is 0 Å².